The molecule has 0 saturated heterocycles. The third-order valence-corrected chi connectivity index (χ3v) is 3.82. The number of carbonyl (C=O) groups excluding carboxylic acids is 2. The number of ether oxygens (including phenoxy) is 2. The summed E-state index contributed by atoms with van der Waals surface area (Å²) in [4.78, 5) is 24.3. The third-order valence-electron chi connectivity index (χ3n) is 3.82. The first kappa shape index (κ1) is 20.0. The van der Waals surface area contributed by atoms with Crippen molar-refractivity contribution in [2.45, 2.75) is 66.0 Å². The van der Waals surface area contributed by atoms with E-state index < -0.39 is 23.7 Å². The molecular formula is C19H29NO4. The van der Waals surface area contributed by atoms with Crippen LogP contribution < -0.4 is 5.32 Å². The largest absolute Gasteiger partial charge is 0.467 e. The molecule has 0 aliphatic rings. The summed E-state index contributed by atoms with van der Waals surface area (Å²) in [6.07, 6.45) is -0.632. The number of alkyl carbamates (subject to hydrolysis) is 1. The summed E-state index contributed by atoms with van der Waals surface area (Å²) in [5.74, 6) is -0.738. The van der Waals surface area contributed by atoms with Crippen LogP contribution in [0.15, 0.2) is 12.1 Å². The van der Waals surface area contributed by atoms with Crippen LogP contribution in [0.25, 0.3) is 0 Å². The number of aryl methyl sites for hydroxylation is 3. The lowest BCUT2D eigenvalue weighted by molar-refractivity contribution is -0.143. The zero-order valence-corrected chi connectivity index (χ0v) is 15.9. The Morgan fingerprint density at radius 1 is 1.08 bits per heavy atom. The van der Waals surface area contributed by atoms with Gasteiger partial charge in [0.2, 0.25) is 0 Å². The average Bonchev–Trinajstić information content (AvgIpc) is 2.40. The van der Waals surface area contributed by atoms with Gasteiger partial charge in [0.25, 0.3) is 0 Å². The molecule has 24 heavy (non-hydrogen) atoms. The first-order valence-corrected chi connectivity index (χ1v) is 8.11. The summed E-state index contributed by atoms with van der Waals surface area (Å²) < 4.78 is 10.2. The molecule has 1 aromatic rings. The fraction of sp³-hybridized carbons (Fsp3) is 0.579. The van der Waals surface area contributed by atoms with Crippen LogP contribution in [0.3, 0.4) is 0 Å². The van der Waals surface area contributed by atoms with Gasteiger partial charge in [0.15, 0.2) is 0 Å². The first-order valence-electron chi connectivity index (χ1n) is 8.11. The van der Waals surface area contributed by atoms with Crippen LogP contribution in [-0.2, 0) is 14.3 Å². The molecule has 0 aromatic heterocycles. The Morgan fingerprint density at radius 2 is 1.58 bits per heavy atom. The van der Waals surface area contributed by atoms with Crippen LogP contribution >= 0.6 is 0 Å². The molecule has 1 amide bonds. The van der Waals surface area contributed by atoms with Gasteiger partial charge in [0.05, 0.1) is 7.11 Å². The molecule has 5 heteroatoms. The molecule has 0 aliphatic carbocycles. The van der Waals surface area contributed by atoms with Gasteiger partial charge < -0.3 is 14.8 Å². The van der Waals surface area contributed by atoms with E-state index in [4.69, 9.17) is 9.47 Å². The SMILES string of the molecule is COC(=O)[C@@H](NC(=O)OC(C)(C)C)[C@@H](C)c1c(C)cc(C)cc1C. The predicted molar refractivity (Wildman–Crippen MR) is 94.2 cm³/mol. The second-order valence-corrected chi connectivity index (χ2v) is 7.25. The zero-order valence-electron chi connectivity index (χ0n) is 15.9. The molecule has 2 atom stereocenters. The van der Waals surface area contributed by atoms with Crippen molar-refractivity contribution in [3.05, 3.63) is 34.4 Å². The van der Waals surface area contributed by atoms with Crippen LogP contribution in [0.5, 0.6) is 0 Å². The number of nitrogens with one attached hydrogen (secondary N) is 1. The third kappa shape index (κ3) is 5.25. The fourth-order valence-corrected chi connectivity index (χ4v) is 3.03. The van der Waals surface area contributed by atoms with Crippen molar-refractivity contribution < 1.29 is 19.1 Å². The summed E-state index contributed by atoms with van der Waals surface area (Å²) >= 11 is 0. The molecule has 0 radical (unpaired) electrons. The highest BCUT2D eigenvalue weighted by molar-refractivity contribution is 5.82. The monoisotopic (exact) mass is 335 g/mol. The maximum atomic E-state index is 12.2. The average molecular weight is 335 g/mol. The minimum absolute atomic E-state index is 0.245. The Balaban J connectivity index is 3.13. The summed E-state index contributed by atoms with van der Waals surface area (Å²) in [5, 5.41) is 2.66. The van der Waals surface area contributed by atoms with E-state index in [0.29, 0.717) is 0 Å². The Kier molecular flexibility index (Phi) is 6.41. The minimum Gasteiger partial charge on any atom is -0.467 e. The molecule has 0 heterocycles. The second-order valence-electron chi connectivity index (χ2n) is 7.25. The Hall–Kier alpha value is -2.04. The molecule has 0 fully saturated rings. The maximum absolute atomic E-state index is 12.2. The Labute approximate surface area is 144 Å². The van der Waals surface area contributed by atoms with Gasteiger partial charge in [-0.3, -0.25) is 0 Å². The van der Waals surface area contributed by atoms with Gasteiger partial charge in [0.1, 0.15) is 11.6 Å². The van der Waals surface area contributed by atoms with E-state index in [1.807, 2.05) is 27.7 Å². The zero-order chi connectivity index (χ0) is 18.7. The van der Waals surface area contributed by atoms with E-state index in [1.54, 1.807) is 20.8 Å². The van der Waals surface area contributed by atoms with Crippen molar-refractivity contribution in [1.29, 1.82) is 0 Å². The number of methoxy groups -OCH3 is 1. The Morgan fingerprint density at radius 3 is 2.00 bits per heavy atom. The maximum Gasteiger partial charge on any atom is 0.408 e. The molecule has 1 rings (SSSR count). The number of rotatable bonds is 4. The predicted octanol–water partition coefficient (Wildman–Crippen LogP) is 3.78. The van der Waals surface area contributed by atoms with Gasteiger partial charge in [-0.05, 0) is 58.2 Å². The molecule has 0 saturated carbocycles. The van der Waals surface area contributed by atoms with Crippen molar-refractivity contribution >= 4 is 12.1 Å². The number of hydrogen-bond acceptors (Lipinski definition) is 4. The van der Waals surface area contributed by atoms with E-state index in [-0.39, 0.29) is 5.92 Å². The van der Waals surface area contributed by atoms with Crippen molar-refractivity contribution in [1.82, 2.24) is 5.32 Å². The highest BCUT2D eigenvalue weighted by atomic mass is 16.6. The summed E-state index contributed by atoms with van der Waals surface area (Å²) in [7, 11) is 1.31. The van der Waals surface area contributed by atoms with Gasteiger partial charge in [-0.1, -0.05) is 24.6 Å². The van der Waals surface area contributed by atoms with E-state index in [9.17, 15) is 9.59 Å². The van der Waals surface area contributed by atoms with Gasteiger partial charge in [-0.2, -0.15) is 0 Å². The van der Waals surface area contributed by atoms with E-state index in [2.05, 4.69) is 17.4 Å². The molecule has 0 aliphatic heterocycles. The van der Waals surface area contributed by atoms with E-state index in [1.165, 1.54) is 7.11 Å². The molecule has 0 unspecified atom stereocenters. The lowest BCUT2D eigenvalue weighted by Crippen LogP contribution is -2.47. The van der Waals surface area contributed by atoms with E-state index in [0.717, 1.165) is 22.3 Å². The first-order chi connectivity index (χ1) is 11.0. The fourth-order valence-electron chi connectivity index (χ4n) is 3.03. The standard InChI is InChI=1S/C19H29NO4/c1-11-9-12(2)15(13(3)10-11)14(4)16(17(21)23-8)20-18(22)24-19(5,6)7/h9-10,14,16H,1-8H3,(H,20,22)/t14-,16-/m0/s1. The molecule has 5 nitrogen and oxygen atoms in total. The number of amides is 1. The number of esters is 1. The van der Waals surface area contributed by atoms with Crippen LogP contribution in [0.4, 0.5) is 4.79 Å². The quantitative estimate of drug-likeness (QED) is 0.851. The topological polar surface area (TPSA) is 64.6 Å². The normalized spacial score (nSPS) is 13.8. The molecule has 134 valence electrons. The molecule has 0 bridgehead atoms. The van der Waals surface area contributed by atoms with Gasteiger partial charge in [0, 0.05) is 5.92 Å². The van der Waals surface area contributed by atoms with Crippen molar-refractivity contribution in [3.63, 3.8) is 0 Å². The highest BCUT2D eigenvalue weighted by Crippen LogP contribution is 2.28. The summed E-state index contributed by atoms with van der Waals surface area (Å²) in [5.41, 5.74) is 3.73. The van der Waals surface area contributed by atoms with Crippen LogP contribution in [0.1, 0.15) is 55.9 Å². The number of benzene rings is 1. The lowest BCUT2D eigenvalue weighted by Gasteiger charge is -2.28. The summed E-state index contributed by atoms with van der Waals surface area (Å²) in [6.45, 7) is 13.3. The van der Waals surface area contributed by atoms with Crippen molar-refractivity contribution in [2.75, 3.05) is 7.11 Å². The van der Waals surface area contributed by atoms with Crippen LogP contribution in [-0.4, -0.2) is 30.8 Å². The van der Waals surface area contributed by atoms with Crippen molar-refractivity contribution in [2.24, 2.45) is 0 Å². The smallest absolute Gasteiger partial charge is 0.408 e. The van der Waals surface area contributed by atoms with Gasteiger partial charge in [-0.25, -0.2) is 9.59 Å². The van der Waals surface area contributed by atoms with Crippen LogP contribution in [0.2, 0.25) is 0 Å². The van der Waals surface area contributed by atoms with E-state index >= 15 is 0 Å². The van der Waals surface area contributed by atoms with Crippen LogP contribution in [0, 0.1) is 20.8 Å². The second kappa shape index (κ2) is 7.69. The summed E-state index contributed by atoms with van der Waals surface area (Å²) in [6, 6.07) is 3.33. The molecule has 1 N–H and O–H groups in total. The Bertz CT molecular complexity index is 593. The highest BCUT2D eigenvalue weighted by Gasteiger charge is 2.32. The van der Waals surface area contributed by atoms with Crippen molar-refractivity contribution in [3.8, 4) is 0 Å². The number of hydrogen-bond donors (Lipinski definition) is 1. The van der Waals surface area contributed by atoms with Gasteiger partial charge >= 0.3 is 12.1 Å². The lowest BCUT2D eigenvalue weighted by atomic mass is 9.86. The number of carbonyl (C=O) groups is 2. The minimum atomic E-state index is -0.815. The molecule has 1 aromatic carbocycles. The molecular weight excluding hydrogens is 306 g/mol. The molecule has 0 spiro atoms. The van der Waals surface area contributed by atoms with Gasteiger partial charge in [-0.15, -0.1) is 0 Å².